The molecule has 5 nitrogen and oxygen atoms in total. The molecular weight excluding hydrogens is 356 g/mol. The first kappa shape index (κ1) is 19.2. The number of aryl methyl sites for hydroxylation is 1. The summed E-state index contributed by atoms with van der Waals surface area (Å²) in [5.74, 6) is 0.873. The number of hydrogen-bond acceptors (Lipinski definition) is 5. The Morgan fingerprint density at radius 3 is 2.88 bits per heavy atom. The molecule has 0 spiro atoms. The van der Waals surface area contributed by atoms with Crippen LogP contribution in [0.25, 0.3) is 0 Å². The molecule has 0 saturated heterocycles. The van der Waals surface area contributed by atoms with E-state index < -0.39 is 0 Å². The molecular formula is C18H19ClN4OS. The molecule has 0 fully saturated rings. The first-order valence-electron chi connectivity index (χ1n) is 8.06. The molecule has 0 aliphatic rings. The van der Waals surface area contributed by atoms with Gasteiger partial charge < -0.3 is 5.32 Å². The van der Waals surface area contributed by atoms with Crippen LogP contribution in [0.4, 0.5) is 5.82 Å². The molecule has 0 atom stereocenters. The van der Waals surface area contributed by atoms with Gasteiger partial charge in [0.25, 0.3) is 0 Å². The van der Waals surface area contributed by atoms with Gasteiger partial charge in [0.1, 0.15) is 16.9 Å². The SMILES string of the molecule is CCCCc1ccc(C#N)c(SCCC(=O)Nc2ccc(Cl)cn2)n1. The number of anilines is 1. The number of unbranched alkanes of at least 4 members (excludes halogenated alkanes) is 1. The number of aromatic nitrogens is 2. The molecule has 0 aliphatic heterocycles. The molecule has 0 aliphatic carbocycles. The Morgan fingerprint density at radius 2 is 2.20 bits per heavy atom. The molecule has 0 radical (unpaired) electrons. The number of carbonyl (C=O) groups is 1. The molecule has 0 saturated carbocycles. The molecule has 1 amide bonds. The van der Waals surface area contributed by atoms with Crippen LogP contribution < -0.4 is 5.32 Å². The van der Waals surface area contributed by atoms with E-state index in [1.807, 2.05) is 6.07 Å². The lowest BCUT2D eigenvalue weighted by molar-refractivity contribution is -0.115. The van der Waals surface area contributed by atoms with Gasteiger partial charge in [-0.3, -0.25) is 4.79 Å². The van der Waals surface area contributed by atoms with Gasteiger partial charge in [0.2, 0.25) is 5.91 Å². The standard InChI is InChI=1S/C18H19ClN4OS/c1-2-3-4-15-7-5-13(11-20)18(22-15)25-10-9-17(24)23-16-8-6-14(19)12-21-16/h5-8,12H,2-4,9-10H2,1H3,(H,21,23,24). The van der Waals surface area contributed by atoms with Gasteiger partial charge in [-0.15, -0.1) is 11.8 Å². The smallest absolute Gasteiger partial charge is 0.226 e. The summed E-state index contributed by atoms with van der Waals surface area (Å²) in [4.78, 5) is 20.5. The van der Waals surface area contributed by atoms with E-state index in [0.29, 0.717) is 33.6 Å². The predicted octanol–water partition coefficient (Wildman–Crippen LogP) is 4.47. The number of thioether (sulfide) groups is 1. The summed E-state index contributed by atoms with van der Waals surface area (Å²) < 4.78 is 0. The van der Waals surface area contributed by atoms with Crippen LogP contribution in [0.15, 0.2) is 35.5 Å². The number of pyridine rings is 2. The predicted molar refractivity (Wildman–Crippen MR) is 101 cm³/mol. The summed E-state index contributed by atoms with van der Waals surface area (Å²) in [5, 5.41) is 13.1. The van der Waals surface area contributed by atoms with E-state index in [0.717, 1.165) is 25.0 Å². The zero-order valence-electron chi connectivity index (χ0n) is 14.0. The number of halogens is 1. The quantitative estimate of drug-likeness (QED) is 0.690. The van der Waals surface area contributed by atoms with Crippen molar-refractivity contribution in [1.29, 1.82) is 5.26 Å². The van der Waals surface area contributed by atoms with Gasteiger partial charge in [-0.2, -0.15) is 5.26 Å². The maximum atomic E-state index is 12.0. The summed E-state index contributed by atoms with van der Waals surface area (Å²) in [5.41, 5.74) is 1.53. The lowest BCUT2D eigenvalue weighted by Crippen LogP contribution is -2.13. The molecule has 0 aromatic carbocycles. The van der Waals surface area contributed by atoms with Crippen molar-refractivity contribution < 1.29 is 4.79 Å². The minimum absolute atomic E-state index is 0.136. The van der Waals surface area contributed by atoms with Gasteiger partial charge in [0.05, 0.1) is 10.6 Å². The fraction of sp³-hybridized carbons (Fsp3) is 0.333. The Bertz CT molecular complexity index is 759. The van der Waals surface area contributed by atoms with Crippen molar-refractivity contribution in [3.05, 3.63) is 46.7 Å². The van der Waals surface area contributed by atoms with Crippen LogP contribution in [0.1, 0.15) is 37.4 Å². The van der Waals surface area contributed by atoms with Gasteiger partial charge in [-0.05, 0) is 37.1 Å². The molecule has 0 unspecified atom stereocenters. The summed E-state index contributed by atoms with van der Waals surface area (Å²) in [7, 11) is 0. The van der Waals surface area contributed by atoms with Crippen LogP contribution in [0.2, 0.25) is 5.02 Å². The van der Waals surface area contributed by atoms with E-state index in [-0.39, 0.29) is 5.91 Å². The third kappa shape index (κ3) is 6.37. The van der Waals surface area contributed by atoms with Crippen molar-refractivity contribution in [2.75, 3.05) is 11.1 Å². The van der Waals surface area contributed by atoms with E-state index in [1.54, 1.807) is 18.2 Å². The van der Waals surface area contributed by atoms with E-state index in [2.05, 4.69) is 28.3 Å². The Morgan fingerprint density at radius 1 is 1.36 bits per heavy atom. The van der Waals surface area contributed by atoms with Crippen molar-refractivity contribution in [3.63, 3.8) is 0 Å². The molecule has 1 N–H and O–H groups in total. The molecule has 25 heavy (non-hydrogen) atoms. The molecule has 0 bridgehead atoms. The Hall–Kier alpha value is -2.10. The largest absolute Gasteiger partial charge is 0.311 e. The van der Waals surface area contributed by atoms with E-state index in [1.165, 1.54) is 18.0 Å². The van der Waals surface area contributed by atoms with Crippen LogP contribution in [-0.2, 0) is 11.2 Å². The summed E-state index contributed by atoms with van der Waals surface area (Å²) >= 11 is 7.19. The lowest BCUT2D eigenvalue weighted by atomic mass is 10.2. The third-order valence-electron chi connectivity index (χ3n) is 3.39. The average Bonchev–Trinajstić information content (AvgIpc) is 2.62. The first-order chi connectivity index (χ1) is 12.1. The Kier molecular flexibility index (Phi) is 7.71. The zero-order chi connectivity index (χ0) is 18.1. The number of nitriles is 1. The monoisotopic (exact) mass is 374 g/mol. The number of carbonyl (C=O) groups excluding carboxylic acids is 1. The van der Waals surface area contributed by atoms with Gasteiger partial charge in [-0.25, -0.2) is 9.97 Å². The van der Waals surface area contributed by atoms with Gasteiger partial charge in [0.15, 0.2) is 0 Å². The number of hydrogen-bond donors (Lipinski definition) is 1. The molecule has 7 heteroatoms. The fourth-order valence-electron chi connectivity index (χ4n) is 2.07. The van der Waals surface area contributed by atoms with Crippen LogP contribution >= 0.6 is 23.4 Å². The molecule has 2 rings (SSSR count). The van der Waals surface area contributed by atoms with E-state index in [9.17, 15) is 10.1 Å². The van der Waals surface area contributed by atoms with Gasteiger partial charge >= 0.3 is 0 Å². The van der Waals surface area contributed by atoms with Crippen molar-refractivity contribution in [2.45, 2.75) is 37.6 Å². The number of nitrogens with one attached hydrogen (secondary N) is 1. The Balaban J connectivity index is 1.88. The molecule has 130 valence electrons. The highest BCUT2D eigenvalue weighted by molar-refractivity contribution is 7.99. The van der Waals surface area contributed by atoms with Crippen LogP contribution in [0.5, 0.6) is 0 Å². The second-order valence-electron chi connectivity index (χ2n) is 5.38. The summed E-state index contributed by atoms with van der Waals surface area (Å²) in [6.45, 7) is 2.13. The van der Waals surface area contributed by atoms with Gasteiger partial charge in [-0.1, -0.05) is 24.9 Å². The van der Waals surface area contributed by atoms with Crippen LogP contribution in [-0.4, -0.2) is 21.6 Å². The Labute approximate surface area is 156 Å². The molecule has 2 aromatic heterocycles. The second-order valence-corrected chi connectivity index (χ2v) is 6.90. The van der Waals surface area contributed by atoms with Crippen molar-refractivity contribution in [1.82, 2.24) is 9.97 Å². The first-order valence-corrected chi connectivity index (χ1v) is 9.43. The normalized spacial score (nSPS) is 10.3. The number of rotatable bonds is 8. The summed E-state index contributed by atoms with van der Waals surface area (Å²) in [6, 6.07) is 9.18. The highest BCUT2D eigenvalue weighted by Crippen LogP contribution is 2.22. The molecule has 2 heterocycles. The maximum absolute atomic E-state index is 12.0. The second kappa shape index (κ2) is 10.0. The van der Waals surface area contributed by atoms with Crippen LogP contribution in [0.3, 0.4) is 0 Å². The van der Waals surface area contributed by atoms with Crippen molar-refractivity contribution >= 4 is 35.1 Å². The van der Waals surface area contributed by atoms with Crippen LogP contribution in [0, 0.1) is 11.3 Å². The van der Waals surface area contributed by atoms with Crippen molar-refractivity contribution in [3.8, 4) is 6.07 Å². The minimum atomic E-state index is -0.136. The summed E-state index contributed by atoms with van der Waals surface area (Å²) in [6.07, 6.45) is 4.86. The highest BCUT2D eigenvalue weighted by atomic mass is 35.5. The molecule has 2 aromatic rings. The number of amides is 1. The van der Waals surface area contributed by atoms with Crippen molar-refractivity contribution in [2.24, 2.45) is 0 Å². The minimum Gasteiger partial charge on any atom is -0.311 e. The highest BCUT2D eigenvalue weighted by Gasteiger charge is 2.09. The number of nitrogens with zero attached hydrogens (tertiary/aromatic N) is 3. The average molecular weight is 375 g/mol. The topological polar surface area (TPSA) is 78.7 Å². The zero-order valence-corrected chi connectivity index (χ0v) is 15.5. The fourth-order valence-corrected chi connectivity index (χ4v) is 3.11. The van der Waals surface area contributed by atoms with Gasteiger partial charge in [0, 0.05) is 24.1 Å². The maximum Gasteiger partial charge on any atom is 0.226 e. The van der Waals surface area contributed by atoms with E-state index >= 15 is 0 Å². The van der Waals surface area contributed by atoms with E-state index in [4.69, 9.17) is 11.6 Å². The third-order valence-corrected chi connectivity index (χ3v) is 4.60. The lowest BCUT2D eigenvalue weighted by Gasteiger charge is -2.07.